The zero-order valence-electron chi connectivity index (χ0n) is 12.5. The molecule has 1 fully saturated rings. The van der Waals surface area contributed by atoms with Gasteiger partial charge in [-0.15, -0.1) is 0 Å². The molecule has 1 unspecified atom stereocenters. The molecule has 0 radical (unpaired) electrons. The Morgan fingerprint density at radius 3 is 2.52 bits per heavy atom. The molecular weight excluding hydrogens is 272 g/mol. The lowest BCUT2D eigenvalue weighted by Gasteiger charge is -2.22. The van der Waals surface area contributed by atoms with Gasteiger partial charge in [-0.25, -0.2) is 0 Å². The van der Waals surface area contributed by atoms with Crippen LogP contribution in [0.15, 0.2) is 12.1 Å². The SMILES string of the molecule is COc1cc(C)c(NC(=O)C2CCC(=O)NC2)cc1OC. The second-order valence-corrected chi connectivity index (χ2v) is 5.05. The van der Waals surface area contributed by atoms with Crippen molar-refractivity contribution in [2.75, 3.05) is 26.1 Å². The van der Waals surface area contributed by atoms with Crippen LogP contribution >= 0.6 is 0 Å². The average molecular weight is 292 g/mol. The van der Waals surface area contributed by atoms with Gasteiger partial charge in [0, 0.05) is 24.7 Å². The van der Waals surface area contributed by atoms with E-state index in [9.17, 15) is 9.59 Å². The highest BCUT2D eigenvalue weighted by molar-refractivity contribution is 5.95. The summed E-state index contributed by atoms with van der Waals surface area (Å²) in [6.45, 7) is 2.28. The summed E-state index contributed by atoms with van der Waals surface area (Å²) in [5.74, 6) is 0.898. The van der Waals surface area contributed by atoms with Crippen molar-refractivity contribution >= 4 is 17.5 Å². The maximum absolute atomic E-state index is 12.2. The summed E-state index contributed by atoms with van der Waals surface area (Å²) >= 11 is 0. The minimum atomic E-state index is -0.199. The Hall–Kier alpha value is -2.24. The van der Waals surface area contributed by atoms with Crippen LogP contribution in [0.5, 0.6) is 11.5 Å². The molecular formula is C15H20N2O4. The zero-order valence-corrected chi connectivity index (χ0v) is 12.5. The van der Waals surface area contributed by atoms with E-state index in [1.165, 1.54) is 0 Å². The lowest BCUT2D eigenvalue weighted by molar-refractivity contribution is -0.126. The summed E-state index contributed by atoms with van der Waals surface area (Å²) in [6.07, 6.45) is 0.965. The third-order valence-corrected chi connectivity index (χ3v) is 3.62. The maximum atomic E-state index is 12.2. The van der Waals surface area contributed by atoms with Crippen LogP contribution in [0.3, 0.4) is 0 Å². The molecule has 0 aromatic heterocycles. The smallest absolute Gasteiger partial charge is 0.229 e. The molecule has 2 rings (SSSR count). The number of carbonyl (C=O) groups is 2. The fourth-order valence-electron chi connectivity index (χ4n) is 2.31. The van der Waals surface area contributed by atoms with E-state index in [2.05, 4.69) is 10.6 Å². The summed E-state index contributed by atoms with van der Waals surface area (Å²) < 4.78 is 10.5. The number of hydrogen-bond donors (Lipinski definition) is 2. The molecule has 1 aliphatic heterocycles. The molecule has 0 saturated carbocycles. The van der Waals surface area contributed by atoms with Gasteiger partial charge in [0.25, 0.3) is 0 Å². The van der Waals surface area contributed by atoms with Gasteiger partial charge >= 0.3 is 0 Å². The van der Waals surface area contributed by atoms with Gasteiger partial charge in [0.05, 0.1) is 20.1 Å². The topological polar surface area (TPSA) is 76.7 Å². The standard InChI is InChI=1S/C15H20N2O4/c1-9-6-12(20-2)13(21-3)7-11(9)17-15(19)10-4-5-14(18)16-8-10/h6-7,10H,4-5,8H2,1-3H3,(H,16,18)(H,17,19). The number of hydrogen-bond acceptors (Lipinski definition) is 4. The van der Waals surface area contributed by atoms with Crippen molar-refractivity contribution in [1.82, 2.24) is 5.32 Å². The lowest BCUT2D eigenvalue weighted by Crippen LogP contribution is -2.40. The first-order valence-corrected chi connectivity index (χ1v) is 6.85. The minimum absolute atomic E-state index is 0.00125. The van der Waals surface area contributed by atoms with Gasteiger partial charge in [-0.3, -0.25) is 9.59 Å². The number of rotatable bonds is 4. The second kappa shape index (κ2) is 6.47. The molecule has 2 amide bonds. The highest BCUT2D eigenvalue weighted by atomic mass is 16.5. The van der Waals surface area contributed by atoms with Crippen LogP contribution in [-0.4, -0.2) is 32.6 Å². The van der Waals surface area contributed by atoms with Crippen LogP contribution in [0.1, 0.15) is 18.4 Å². The summed E-state index contributed by atoms with van der Waals surface area (Å²) in [4.78, 5) is 23.4. The van der Waals surface area contributed by atoms with E-state index < -0.39 is 0 Å². The summed E-state index contributed by atoms with van der Waals surface area (Å²) in [5, 5.41) is 5.60. The number of aryl methyl sites for hydroxylation is 1. The number of amides is 2. The lowest BCUT2D eigenvalue weighted by atomic mass is 9.98. The largest absolute Gasteiger partial charge is 0.493 e. The molecule has 0 bridgehead atoms. The molecule has 1 saturated heterocycles. The van der Waals surface area contributed by atoms with Crippen molar-refractivity contribution in [2.24, 2.45) is 5.92 Å². The van der Waals surface area contributed by atoms with Crippen molar-refractivity contribution in [1.29, 1.82) is 0 Å². The zero-order chi connectivity index (χ0) is 15.4. The summed E-state index contributed by atoms with van der Waals surface area (Å²) in [7, 11) is 3.12. The predicted octanol–water partition coefficient (Wildman–Crippen LogP) is 1.48. The molecule has 2 N–H and O–H groups in total. The molecule has 114 valence electrons. The van der Waals surface area contributed by atoms with E-state index in [1.54, 1.807) is 20.3 Å². The van der Waals surface area contributed by atoms with Crippen LogP contribution in [0.25, 0.3) is 0 Å². The van der Waals surface area contributed by atoms with E-state index in [4.69, 9.17) is 9.47 Å². The summed E-state index contributed by atoms with van der Waals surface area (Å²) in [5.41, 5.74) is 1.58. The van der Waals surface area contributed by atoms with Gasteiger partial charge < -0.3 is 20.1 Å². The van der Waals surface area contributed by atoms with Gasteiger partial charge in [-0.2, -0.15) is 0 Å². The number of carbonyl (C=O) groups excluding carboxylic acids is 2. The minimum Gasteiger partial charge on any atom is -0.493 e. The van der Waals surface area contributed by atoms with Gasteiger partial charge in [-0.1, -0.05) is 0 Å². The molecule has 6 nitrogen and oxygen atoms in total. The average Bonchev–Trinajstić information content (AvgIpc) is 2.49. The molecule has 1 aromatic rings. The fourth-order valence-corrected chi connectivity index (χ4v) is 2.31. The predicted molar refractivity (Wildman–Crippen MR) is 78.6 cm³/mol. The Morgan fingerprint density at radius 2 is 1.95 bits per heavy atom. The van der Waals surface area contributed by atoms with Crippen molar-refractivity contribution < 1.29 is 19.1 Å². The first-order valence-electron chi connectivity index (χ1n) is 6.85. The van der Waals surface area contributed by atoms with Crippen molar-refractivity contribution in [2.45, 2.75) is 19.8 Å². The number of piperidine rings is 1. The van der Waals surface area contributed by atoms with E-state index in [-0.39, 0.29) is 17.7 Å². The van der Waals surface area contributed by atoms with E-state index in [0.717, 1.165) is 5.56 Å². The maximum Gasteiger partial charge on any atom is 0.229 e. The molecule has 1 aliphatic rings. The van der Waals surface area contributed by atoms with Crippen molar-refractivity contribution in [3.63, 3.8) is 0 Å². The molecule has 1 aromatic carbocycles. The molecule has 1 atom stereocenters. The second-order valence-electron chi connectivity index (χ2n) is 5.05. The number of methoxy groups -OCH3 is 2. The Balaban J connectivity index is 2.11. The first kappa shape index (κ1) is 15.2. The van der Waals surface area contributed by atoms with Crippen LogP contribution in [-0.2, 0) is 9.59 Å². The van der Waals surface area contributed by atoms with Gasteiger partial charge in [0.15, 0.2) is 11.5 Å². The van der Waals surface area contributed by atoms with E-state index in [0.29, 0.717) is 36.6 Å². The van der Waals surface area contributed by atoms with Gasteiger partial charge in [0.1, 0.15) is 0 Å². The van der Waals surface area contributed by atoms with Crippen LogP contribution in [0.2, 0.25) is 0 Å². The molecule has 1 heterocycles. The fraction of sp³-hybridized carbons (Fsp3) is 0.467. The number of ether oxygens (including phenoxy) is 2. The Bertz CT molecular complexity index is 547. The molecule has 6 heteroatoms. The first-order chi connectivity index (χ1) is 10.0. The monoisotopic (exact) mass is 292 g/mol. The molecule has 21 heavy (non-hydrogen) atoms. The van der Waals surface area contributed by atoms with Crippen molar-refractivity contribution in [3.8, 4) is 11.5 Å². The van der Waals surface area contributed by atoms with Crippen LogP contribution < -0.4 is 20.1 Å². The molecule has 0 spiro atoms. The normalized spacial score (nSPS) is 17.9. The molecule has 0 aliphatic carbocycles. The van der Waals surface area contributed by atoms with Crippen LogP contribution in [0.4, 0.5) is 5.69 Å². The van der Waals surface area contributed by atoms with E-state index in [1.807, 2.05) is 13.0 Å². The quantitative estimate of drug-likeness (QED) is 0.881. The third-order valence-electron chi connectivity index (χ3n) is 3.62. The number of benzene rings is 1. The third kappa shape index (κ3) is 3.45. The highest BCUT2D eigenvalue weighted by Crippen LogP contribution is 2.33. The van der Waals surface area contributed by atoms with Gasteiger partial charge in [-0.05, 0) is 25.0 Å². The number of nitrogens with one attached hydrogen (secondary N) is 2. The number of anilines is 1. The summed E-state index contributed by atoms with van der Waals surface area (Å²) in [6, 6.07) is 3.56. The Labute approximate surface area is 123 Å². The van der Waals surface area contributed by atoms with Crippen molar-refractivity contribution in [3.05, 3.63) is 17.7 Å². The van der Waals surface area contributed by atoms with Crippen LogP contribution in [0, 0.1) is 12.8 Å². The van der Waals surface area contributed by atoms with E-state index >= 15 is 0 Å². The van der Waals surface area contributed by atoms with Gasteiger partial charge in [0.2, 0.25) is 11.8 Å². The Morgan fingerprint density at radius 1 is 1.29 bits per heavy atom. The Kier molecular flexibility index (Phi) is 4.67. The highest BCUT2D eigenvalue weighted by Gasteiger charge is 2.25.